The minimum Gasteiger partial charge on any atom is -0.496 e. The Balaban J connectivity index is 1.45. The van der Waals surface area contributed by atoms with Crippen LogP contribution < -0.4 is 28.6 Å². The summed E-state index contributed by atoms with van der Waals surface area (Å²) >= 11 is 0. The predicted molar refractivity (Wildman–Crippen MR) is 291 cm³/mol. The molecule has 0 fully saturated rings. The van der Waals surface area contributed by atoms with Crippen molar-refractivity contribution in [3.8, 4) is 23.0 Å². The summed E-state index contributed by atoms with van der Waals surface area (Å²) in [6.45, 7) is 26.1. The summed E-state index contributed by atoms with van der Waals surface area (Å²) in [7, 11) is 4.87. The van der Waals surface area contributed by atoms with Crippen molar-refractivity contribution in [2.75, 3.05) is 46.9 Å². The van der Waals surface area contributed by atoms with Gasteiger partial charge >= 0.3 is 0 Å². The van der Waals surface area contributed by atoms with E-state index in [1.165, 1.54) is 11.6 Å². The van der Waals surface area contributed by atoms with E-state index >= 15 is 0 Å². The maximum absolute atomic E-state index is 14.0. The number of benzene rings is 6. The number of nitrogens with one attached hydrogen (secondary N) is 1. The standard InChI is InChI=1S/C61H76N2O7S/c1-58(2,3)47-26-39-22-41-28-48(59(4,5)6)30-43(55(41)68-16)24-45-32-50(61(10,11)12)33-46(25-44-31-49(60(7,8)9)29-42(56(44)69-17)23-40(27-47)54(39)67-15)57(45)70-36-53(64)62-71(65,66)52-21-19-37-34-51(63(13)14)20-18-38(37)35-52/h18-21,26-35H,22-25,36H2,1-17H3,(H,62,64). The second kappa shape index (κ2) is 19.5. The van der Waals surface area contributed by atoms with Gasteiger partial charge in [0, 0.05) is 45.5 Å². The highest BCUT2D eigenvalue weighted by molar-refractivity contribution is 7.90. The number of amides is 1. The van der Waals surface area contributed by atoms with Gasteiger partial charge in [0.05, 0.1) is 26.2 Å². The first-order chi connectivity index (χ1) is 33.0. The van der Waals surface area contributed by atoms with Crippen LogP contribution in [0.15, 0.2) is 89.8 Å². The molecule has 10 heteroatoms. The van der Waals surface area contributed by atoms with E-state index in [0.717, 1.165) is 94.9 Å². The molecule has 0 saturated heterocycles. The zero-order chi connectivity index (χ0) is 52.2. The highest BCUT2D eigenvalue weighted by Crippen LogP contribution is 2.44. The zero-order valence-corrected chi connectivity index (χ0v) is 46.1. The number of anilines is 1. The van der Waals surface area contributed by atoms with Crippen LogP contribution in [0.5, 0.6) is 23.0 Å². The summed E-state index contributed by atoms with van der Waals surface area (Å²) in [6.07, 6.45) is 1.88. The van der Waals surface area contributed by atoms with E-state index in [1.54, 1.807) is 33.5 Å². The average Bonchev–Trinajstić information content (AvgIpc) is 3.26. The number of fused-ring (bicyclic) bond motifs is 9. The molecule has 7 rings (SSSR count). The van der Waals surface area contributed by atoms with E-state index in [0.29, 0.717) is 31.4 Å². The second-order valence-electron chi connectivity index (χ2n) is 23.7. The van der Waals surface area contributed by atoms with Crippen LogP contribution in [-0.4, -0.2) is 56.4 Å². The number of carbonyl (C=O) groups excluding carboxylic acids is 1. The summed E-state index contributed by atoms with van der Waals surface area (Å²) < 4.78 is 56.2. The summed E-state index contributed by atoms with van der Waals surface area (Å²) in [4.78, 5) is 16.0. The van der Waals surface area contributed by atoms with Crippen molar-refractivity contribution in [2.24, 2.45) is 0 Å². The van der Waals surface area contributed by atoms with Crippen molar-refractivity contribution in [2.45, 2.75) is 135 Å². The number of hydrogen-bond acceptors (Lipinski definition) is 8. The SMILES string of the molecule is COc1c2cc(C(C)(C)C)cc1Cc1cc(C(C)(C)C)cc(c1OC)Cc1cc(C(C)(C)C)cc(c1OCC(=O)NS(=O)(=O)c1ccc3cc(N(C)C)ccc3c1)Cc1cc(C(C)(C)C)cc(c1OC)C2. The van der Waals surface area contributed by atoms with Gasteiger partial charge in [-0.05, 0) is 123 Å². The van der Waals surface area contributed by atoms with Crippen LogP contribution in [0.4, 0.5) is 5.69 Å². The van der Waals surface area contributed by atoms with Crippen LogP contribution in [-0.2, 0) is 62.2 Å². The van der Waals surface area contributed by atoms with Gasteiger partial charge in [-0.1, -0.05) is 144 Å². The average molecular weight is 981 g/mol. The molecule has 1 amide bonds. The largest absolute Gasteiger partial charge is 0.496 e. The molecule has 71 heavy (non-hydrogen) atoms. The molecule has 0 atom stereocenters. The lowest BCUT2D eigenvalue weighted by atomic mass is 9.79. The molecule has 1 N–H and O–H groups in total. The summed E-state index contributed by atoms with van der Waals surface area (Å²) in [5.74, 6) is 2.09. The predicted octanol–water partition coefficient (Wildman–Crippen LogP) is 12.7. The third-order valence-corrected chi connectivity index (χ3v) is 15.2. The zero-order valence-electron chi connectivity index (χ0n) is 45.3. The summed E-state index contributed by atoms with van der Waals surface area (Å²) in [5.41, 5.74) is 12.5. The Labute approximate surface area is 424 Å². The monoisotopic (exact) mass is 981 g/mol. The molecule has 8 bridgehead atoms. The molecule has 9 nitrogen and oxygen atoms in total. The van der Waals surface area contributed by atoms with E-state index in [2.05, 4.69) is 136 Å². The third kappa shape index (κ3) is 11.5. The molecule has 0 spiro atoms. The Kier molecular flexibility index (Phi) is 14.5. The van der Waals surface area contributed by atoms with Crippen molar-refractivity contribution >= 4 is 32.4 Å². The van der Waals surface area contributed by atoms with Crippen molar-refractivity contribution in [3.63, 3.8) is 0 Å². The fraction of sp³-hybridized carbons (Fsp3) is 0.426. The van der Waals surface area contributed by atoms with Gasteiger partial charge in [0.15, 0.2) is 6.61 Å². The smallest absolute Gasteiger partial charge is 0.271 e. The lowest BCUT2D eigenvalue weighted by molar-refractivity contribution is -0.121. The first-order valence-corrected chi connectivity index (χ1v) is 26.2. The fourth-order valence-electron chi connectivity index (χ4n) is 9.63. The molecule has 0 aliphatic heterocycles. The van der Waals surface area contributed by atoms with Crippen molar-refractivity contribution in [3.05, 3.63) is 152 Å². The van der Waals surface area contributed by atoms with Crippen LogP contribution in [0, 0.1) is 0 Å². The van der Waals surface area contributed by atoms with Gasteiger partial charge in [-0.25, -0.2) is 13.1 Å². The maximum Gasteiger partial charge on any atom is 0.271 e. The van der Waals surface area contributed by atoms with Gasteiger partial charge in [-0.15, -0.1) is 0 Å². The van der Waals surface area contributed by atoms with E-state index in [1.807, 2.05) is 37.2 Å². The number of methoxy groups -OCH3 is 3. The quantitative estimate of drug-likeness (QED) is 0.153. The van der Waals surface area contributed by atoms with Gasteiger partial charge in [0.25, 0.3) is 15.9 Å². The first-order valence-electron chi connectivity index (χ1n) is 24.7. The van der Waals surface area contributed by atoms with E-state index in [4.69, 9.17) is 18.9 Å². The maximum atomic E-state index is 14.0. The molecule has 1 aliphatic carbocycles. The molecule has 378 valence electrons. The lowest BCUT2D eigenvalue weighted by Gasteiger charge is -2.28. The minimum atomic E-state index is -4.26. The number of hydrogen-bond donors (Lipinski definition) is 1. The van der Waals surface area contributed by atoms with Crippen LogP contribution in [0.3, 0.4) is 0 Å². The molecule has 0 unspecified atom stereocenters. The molecule has 0 aromatic heterocycles. The highest BCUT2D eigenvalue weighted by atomic mass is 32.2. The highest BCUT2D eigenvalue weighted by Gasteiger charge is 2.30. The van der Waals surface area contributed by atoms with Gasteiger partial charge in [-0.2, -0.15) is 0 Å². The Morgan fingerprint density at radius 2 is 0.789 bits per heavy atom. The van der Waals surface area contributed by atoms with Crippen LogP contribution in [0.25, 0.3) is 10.8 Å². The molecule has 6 aromatic carbocycles. The fourth-order valence-corrected chi connectivity index (χ4v) is 10.6. The Hall–Kier alpha value is -6.00. The molecular formula is C61H76N2O7S. The summed E-state index contributed by atoms with van der Waals surface area (Å²) in [6, 6.07) is 28.6. The van der Waals surface area contributed by atoms with Crippen molar-refractivity contribution < 1.29 is 32.2 Å². The van der Waals surface area contributed by atoms with Crippen LogP contribution >= 0.6 is 0 Å². The van der Waals surface area contributed by atoms with Crippen LogP contribution in [0.2, 0.25) is 0 Å². The van der Waals surface area contributed by atoms with Crippen molar-refractivity contribution in [1.82, 2.24) is 4.72 Å². The molecule has 0 radical (unpaired) electrons. The van der Waals surface area contributed by atoms with Gasteiger partial charge < -0.3 is 23.8 Å². The third-order valence-electron chi connectivity index (χ3n) is 13.8. The Morgan fingerprint density at radius 1 is 0.479 bits per heavy atom. The van der Waals surface area contributed by atoms with Gasteiger partial charge in [0.2, 0.25) is 0 Å². The number of nitrogens with zero attached hydrogens (tertiary/aromatic N) is 1. The minimum absolute atomic E-state index is 0.0123. The lowest BCUT2D eigenvalue weighted by Crippen LogP contribution is -2.34. The number of ether oxygens (including phenoxy) is 4. The van der Waals surface area contributed by atoms with Gasteiger partial charge in [-0.3, -0.25) is 4.79 Å². The topological polar surface area (TPSA) is 103 Å². The van der Waals surface area contributed by atoms with Gasteiger partial charge in [0.1, 0.15) is 23.0 Å². The van der Waals surface area contributed by atoms with E-state index < -0.39 is 22.5 Å². The number of carbonyl (C=O) groups is 1. The normalized spacial score (nSPS) is 13.4. The number of rotatable bonds is 9. The van der Waals surface area contributed by atoms with E-state index in [-0.39, 0.29) is 26.6 Å². The Morgan fingerprint density at radius 3 is 1.10 bits per heavy atom. The molecule has 6 aromatic rings. The van der Waals surface area contributed by atoms with Crippen LogP contribution in [0.1, 0.15) is 150 Å². The second-order valence-corrected chi connectivity index (χ2v) is 25.4. The first kappa shape index (κ1) is 52.8. The van der Waals surface area contributed by atoms with Crippen molar-refractivity contribution in [1.29, 1.82) is 0 Å². The Bertz CT molecular complexity index is 3000. The molecule has 0 heterocycles. The molecule has 0 saturated carbocycles. The number of sulfonamides is 1. The summed E-state index contributed by atoms with van der Waals surface area (Å²) in [5, 5.41) is 1.63. The molecule has 1 aliphatic rings. The van der Waals surface area contributed by atoms with E-state index in [9.17, 15) is 13.2 Å². The molecular weight excluding hydrogens is 905 g/mol.